The normalized spacial score (nSPS) is 22.9. The Morgan fingerprint density at radius 3 is 2.80 bits per heavy atom. The Bertz CT molecular complexity index is 536. The number of aliphatic imine (C=N–C) groups is 1. The maximum absolute atomic E-state index is 4.37. The Hall–Kier alpha value is -1.56. The van der Waals surface area contributed by atoms with Gasteiger partial charge in [0.1, 0.15) is 0 Å². The predicted molar refractivity (Wildman–Crippen MR) is 105 cm³/mol. The summed E-state index contributed by atoms with van der Waals surface area (Å²) >= 11 is 0. The van der Waals surface area contributed by atoms with Crippen LogP contribution >= 0.6 is 0 Å². The van der Waals surface area contributed by atoms with Crippen LogP contribution < -0.4 is 10.6 Å². The summed E-state index contributed by atoms with van der Waals surface area (Å²) < 4.78 is 1.85. The van der Waals surface area contributed by atoms with Crippen LogP contribution in [0.2, 0.25) is 0 Å². The molecule has 1 aromatic rings. The minimum absolute atomic E-state index is 0.270. The summed E-state index contributed by atoms with van der Waals surface area (Å²) in [6.07, 6.45) is 10.8. The Kier molecular flexibility index (Phi) is 7.75. The van der Waals surface area contributed by atoms with Gasteiger partial charge in [0, 0.05) is 38.9 Å². The molecule has 6 nitrogen and oxygen atoms in total. The molecule has 0 radical (unpaired) electrons. The molecule has 0 aliphatic heterocycles. The van der Waals surface area contributed by atoms with Crippen molar-refractivity contribution in [2.24, 2.45) is 23.9 Å². The molecule has 2 rings (SSSR count). The highest BCUT2D eigenvalue weighted by molar-refractivity contribution is 5.79. The quantitative estimate of drug-likeness (QED) is 0.587. The van der Waals surface area contributed by atoms with Crippen LogP contribution in [0, 0.1) is 11.8 Å². The summed E-state index contributed by atoms with van der Waals surface area (Å²) in [5.74, 6) is 2.66. The summed E-state index contributed by atoms with van der Waals surface area (Å²) in [5, 5.41) is 11.2. The Morgan fingerprint density at radius 1 is 1.40 bits per heavy atom. The fourth-order valence-corrected chi connectivity index (χ4v) is 3.84. The van der Waals surface area contributed by atoms with E-state index in [2.05, 4.69) is 52.8 Å². The lowest BCUT2D eigenvalue weighted by atomic mass is 9.81. The second kappa shape index (κ2) is 9.80. The van der Waals surface area contributed by atoms with E-state index < -0.39 is 0 Å². The van der Waals surface area contributed by atoms with Gasteiger partial charge in [-0.1, -0.05) is 26.2 Å². The largest absolute Gasteiger partial charge is 0.356 e. The Labute approximate surface area is 153 Å². The number of likely N-dealkylation sites (N-methyl/N-ethyl adjacent to an activating group) is 1. The van der Waals surface area contributed by atoms with Crippen molar-refractivity contribution in [1.29, 1.82) is 0 Å². The minimum Gasteiger partial charge on any atom is -0.356 e. The van der Waals surface area contributed by atoms with Crippen LogP contribution in [-0.2, 0) is 7.05 Å². The van der Waals surface area contributed by atoms with Gasteiger partial charge in [0.15, 0.2) is 5.96 Å². The fraction of sp³-hybridized carbons (Fsp3) is 0.789. The van der Waals surface area contributed by atoms with Gasteiger partial charge in [0.25, 0.3) is 0 Å². The highest BCUT2D eigenvalue weighted by Crippen LogP contribution is 2.30. The lowest BCUT2D eigenvalue weighted by Gasteiger charge is -2.27. The third-order valence-electron chi connectivity index (χ3n) is 5.31. The van der Waals surface area contributed by atoms with Crippen LogP contribution in [-0.4, -0.2) is 54.9 Å². The van der Waals surface area contributed by atoms with Crippen molar-refractivity contribution >= 4 is 5.96 Å². The molecule has 6 heteroatoms. The van der Waals surface area contributed by atoms with Gasteiger partial charge in [-0.25, -0.2) is 0 Å². The van der Waals surface area contributed by atoms with E-state index in [0.717, 1.165) is 30.9 Å². The zero-order valence-electron chi connectivity index (χ0n) is 16.6. The van der Waals surface area contributed by atoms with Gasteiger partial charge in [-0.3, -0.25) is 9.67 Å². The first kappa shape index (κ1) is 19.8. The highest BCUT2D eigenvalue weighted by Gasteiger charge is 2.19. The van der Waals surface area contributed by atoms with Crippen molar-refractivity contribution in [3.8, 4) is 0 Å². The average Bonchev–Trinajstić information content (AvgIpc) is 2.99. The molecular formula is C19H36N6. The summed E-state index contributed by atoms with van der Waals surface area (Å²) in [4.78, 5) is 6.58. The van der Waals surface area contributed by atoms with Gasteiger partial charge in [0.05, 0.1) is 12.2 Å². The molecular weight excluding hydrogens is 312 g/mol. The van der Waals surface area contributed by atoms with Crippen molar-refractivity contribution < 1.29 is 0 Å². The number of nitrogens with one attached hydrogen (secondary N) is 2. The summed E-state index contributed by atoms with van der Waals surface area (Å²) in [7, 11) is 7.99. The monoisotopic (exact) mass is 348 g/mol. The zero-order valence-corrected chi connectivity index (χ0v) is 16.6. The molecule has 2 N–H and O–H groups in total. The number of rotatable bonds is 7. The van der Waals surface area contributed by atoms with E-state index >= 15 is 0 Å². The molecule has 1 aliphatic carbocycles. The first-order valence-electron chi connectivity index (χ1n) is 9.59. The maximum Gasteiger partial charge on any atom is 0.191 e. The fourth-order valence-electron chi connectivity index (χ4n) is 3.84. The molecule has 0 amide bonds. The van der Waals surface area contributed by atoms with Crippen molar-refractivity contribution in [3.63, 3.8) is 0 Å². The lowest BCUT2D eigenvalue weighted by molar-refractivity contribution is 0.270. The van der Waals surface area contributed by atoms with Crippen LogP contribution in [0.4, 0.5) is 0 Å². The Balaban J connectivity index is 1.76. The van der Waals surface area contributed by atoms with E-state index in [1.54, 1.807) is 0 Å². The number of aromatic nitrogens is 2. The number of hydrogen-bond acceptors (Lipinski definition) is 3. The van der Waals surface area contributed by atoms with E-state index in [9.17, 15) is 0 Å². The third kappa shape index (κ3) is 6.34. The summed E-state index contributed by atoms with van der Waals surface area (Å²) in [6.45, 7) is 4.19. The molecule has 1 aromatic heterocycles. The topological polar surface area (TPSA) is 57.5 Å². The molecule has 142 valence electrons. The average molecular weight is 349 g/mol. The molecule has 1 saturated carbocycles. The van der Waals surface area contributed by atoms with Crippen LogP contribution in [0.25, 0.3) is 0 Å². The first-order chi connectivity index (χ1) is 12.0. The van der Waals surface area contributed by atoms with E-state index in [1.807, 2.05) is 25.0 Å². The van der Waals surface area contributed by atoms with Crippen LogP contribution in [0.15, 0.2) is 17.4 Å². The summed E-state index contributed by atoms with van der Waals surface area (Å²) in [6, 6.07) is 0.270. The molecule has 1 aliphatic rings. The molecule has 0 spiro atoms. The van der Waals surface area contributed by atoms with Crippen molar-refractivity contribution in [3.05, 3.63) is 18.0 Å². The van der Waals surface area contributed by atoms with Crippen molar-refractivity contribution in [2.45, 2.75) is 45.1 Å². The van der Waals surface area contributed by atoms with Crippen molar-refractivity contribution in [2.75, 3.05) is 34.2 Å². The Morgan fingerprint density at radius 2 is 2.20 bits per heavy atom. The van der Waals surface area contributed by atoms with E-state index in [1.165, 1.54) is 37.7 Å². The molecule has 0 bridgehead atoms. The smallest absolute Gasteiger partial charge is 0.191 e. The molecule has 25 heavy (non-hydrogen) atoms. The summed E-state index contributed by atoms with van der Waals surface area (Å²) in [5.41, 5.74) is 1.21. The molecule has 3 atom stereocenters. The van der Waals surface area contributed by atoms with E-state index in [0.29, 0.717) is 0 Å². The van der Waals surface area contributed by atoms with Gasteiger partial charge >= 0.3 is 0 Å². The van der Waals surface area contributed by atoms with Gasteiger partial charge < -0.3 is 15.5 Å². The maximum atomic E-state index is 4.37. The highest BCUT2D eigenvalue weighted by atomic mass is 15.3. The predicted octanol–water partition coefficient (Wildman–Crippen LogP) is 2.40. The van der Waals surface area contributed by atoms with Gasteiger partial charge in [-0.2, -0.15) is 5.10 Å². The van der Waals surface area contributed by atoms with Crippen LogP contribution in [0.5, 0.6) is 0 Å². The zero-order chi connectivity index (χ0) is 18.2. The molecule has 0 aromatic carbocycles. The van der Waals surface area contributed by atoms with Crippen LogP contribution in [0.3, 0.4) is 0 Å². The SMILES string of the molecule is CN=C(NCCC1CCCC(C)C1)NCC(c1cnn(C)c1)N(C)C. The minimum atomic E-state index is 0.270. The van der Waals surface area contributed by atoms with Crippen LogP contribution in [0.1, 0.15) is 50.6 Å². The number of guanidine groups is 1. The first-order valence-corrected chi connectivity index (χ1v) is 9.59. The third-order valence-corrected chi connectivity index (χ3v) is 5.31. The number of hydrogen-bond donors (Lipinski definition) is 2. The second-order valence-electron chi connectivity index (χ2n) is 7.73. The number of aryl methyl sites for hydroxylation is 1. The van der Waals surface area contributed by atoms with Gasteiger partial charge in [0.2, 0.25) is 0 Å². The molecule has 1 heterocycles. The lowest BCUT2D eigenvalue weighted by Crippen LogP contribution is -2.42. The molecule has 3 unspecified atom stereocenters. The van der Waals surface area contributed by atoms with Crippen molar-refractivity contribution in [1.82, 2.24) is 25.3 Å². The standard InChI is InChI=1S/C19H36N6/c1-15-7-6-8-16(11-15)9-10-21-19(20-2)22-13-18(24(3)4)17-12-23-25(5)14-17/h12,14-16,18H,6-11,13H2,1-5H3,(H2,20,21,22). The van der Waals surface area contributed by atoms with E-state index in [-0.39, 0.29) is 6.04 Å². The molecule has 1 fully saturated rings. The number of nitrogens with zero attached hydrogens (tertiary/aromatic N) is 4. The second-order valence-corrected chi connectivity index (χ2v) is 7.73. The van der Waals surface area contributed by atoms with Gasteiger partial charge in [-0.15, -0.1) is 0 Å². The molecule has 0 saturated heterocycles. The van der Waals surface area contributed by atoms with E-state index in [4.69, 9.17) is 0 Å². The van der Waals surface area contributed by atoms with Gasteiger partial charge in [-0.05, 0) is 38.8 Å².